The van der Waals surface area contributed by atoms with Crippen molar-refractivity contribution in [2.45, 2.75) is 0 Å². The lowest BCUT2D eigenvalue weighted by molar-refractivity contribution is 0.495. The molecule has 0 saturated carbocycles. The maximum atomic E-state index is 12.1. The van der Waals surface area contributed by atoms with Crippen LogP contribution in [0.1, 0.15) is 0 Å². The summed E-state index contributed by atoms with van der Waals surface area (Å²) in [6.07, 6.45) is 0. The van der Waals surface area contributed by atoms with Crippen molar-refractivity contribution < 1.29 is 18.9 Å². The van der Waals surface area contributed by atoms with Gasteiger partial charge in [-0.05, 0) is 24.3 Å². The Bertz CT molecular complexity index is 634. The van der Waals surface area contributed by atoms with Gasteiger partial charge in [0.25, 0.3) is 14.7 Å². The smallest absolute Gasteiger partial charge is 0.251 e. The van der Waals surface area contributed by atoms with Crippen LogP contribution < -0.4 is 10.6 Å². The van der Waals surface area contributed by atoms with E-state index in [2.05, 4.69) is 0 Å². The summed E-state index contributed by atoms with van der Waals surface area (Å²) in [6, 6.07) is 16.1. The molecular weight excluding hydrogens is 294 g/mol. The molecule has 0 amide bonds. The van der Waals surface area contributed by atoms with Crippen LogP contribution in [0.2, 0.25) is 0 Å². The molecule has 6 heteroatoms. The number of rotatable bonds is 4. The second-order valence-electron chi connectivity index (χ2n) is 4.22. The monoisotopic (exact) mass is 308 g/mol. The first-order valence-corrected chi connectivity index (χ1v) is 9.34. The van der Waals surface area contributed by atoms with E-state index in [4.69, 9.17) is 0 Å². The summed E-state index contributed by atoms with van der Waals surface area (Å²) in [7, 11) is -7.55. The summed E-state index contributed by atoms with van der Waals surface area (Å²) in [5.74, 6) is 1.85. The molecule has 0 aliphatic carbocycles. The van der Waals surface area contributed by atoms with Gasteiger partial charge in [-0.1, -0.05) is 36.4 Å². The van der Waals surface area contributed by atoms with Crippen molar-refractivity contribution in [3.8, 4) is 0 Å². The molecule has 0 fully saturated rings. The molecule has 0 heterocycles. The molecule has 0 bridgehead atoms. The molecule has 0 spiro atoms. The van der Waals surface area contributed by atoms with Gasteiger partial charge in [0, 0.05) is 22.2 Å². The zero-order valence-corrected chi connectivity index (χ0v) is 12.3. The van der Waals surface area contributed by atoms with Gasteiger partial charge in [0.05, 0.1) is 0 Å². The topological polar surface area (TPSA) is 74.6 Å². The third kappa shape index (κ3) is 3.56. The van der Waals surface area contributed by atoms with Gasteiger partial charge in [-0.3, -0.25) is 9.13 Å². The Balaban J connectivity index is 2.30. The van der Waals surface area contributed by atoms with E-state index in [9.17, 15) is 18.9 Å². The van der Waals surface area contributed by atoms with Crippen molar-refractivity contribution in [3.63, 3.8) is 0 Å². The van der Waals surface area contributed by atoms with Crippen LogP contribution in [0, 0.1) is 0 Å². The Hall–Kier alpha value is -1.44. The van der Waals surface area contributed by atoms with Crippen molar-refractivity contribution >= 4 is 25.3 Å². The van der Waals surface area contributed by atoms with Crippen LogP contribution in [0.4, 0.5) is 0 Å². The molecule has 4 nitrogen and oxygen atoms in total. The van der Waals surface area contributed by atoms with Crippen molar-refractivity contribution in [1.29, 1.82) is 0 Å². The fourth-order valence-electron chi connectivity index (χ4n) is 1.64. The molecule has 2 N–H and O–H groups in total. The summed E-state index contributed by atoms with van der Waals surface area (Å²) in [5.41, 5.74) is 0. The Morgan fingerprint density at radius 2 is 0.950 bits per heavy atom. The van der Waals surface area contributed by atoms with E-state index in [1.54, 1.807) is 36.4 Å². The van der Waals surface area contributed by atoms with Crippen molar-refractivity contribution in [2.75, 3.05) is 0 Å². The van der Waals surface area contributed by atoms with Gasteiger partial charge in [0.1, 0.15) is 0 Å². The largest absolute Gasteiger partial charge is 0.338 e. The predicted octanol–water partition coefficient (Wildman–Crippen LogP) is 2.65. The Kier molecular flexibility index (Phi) is 4.42. The molecule has 20 heavy (non-hydrogen) atoms. The van der Waals surface area contributed by atoms with Gasteiger partial charge < -0.3 is 9.79 Å². The minimum absolute atomic E-state index is 0.226. The average molecular weight is 308 g/mol. The Morgan fingerprint density at radius 3 is 1.25 bits per heavy atom. The van der Waals surface area contributed by atoms with E-state index in [0.29, 0.717) is 0 Å². The standard InChI is InChI=1S/C14H14O4P2/c15-19(16,13-7-3-1-4-8-13)11-12-20(17,18)14-9-5-2-6-10-14/h1-12H,(H,15,16)(H,17,18)/b12-11+. The Morgan fingerprint density at radius 1 is 0.650 bits per heavy atom. The third-order valence-corrected chi connectivity index (χ3v) is 6.14. The molecule has 2 aromatic carbocycles. The predicted molar refractivity (Wildman–Crippen MR) is 80.9 cm³/mol. The van der Waals surface area contributed by atoms with Gasteiger partial charge >= 0.3 is 0 Å². The first kappa shape index (κ1) is 15.0. The maximum absolute atomic E-state index is 12.1. The summed E-state index contributed by atoms with van der Waals surface area (Å²) in [4.78, 5) is 19.9. The average Bonchev–Trinajstić information content (AvgIpc) is 2.47. The normalized spacial score (nSPS) is 17.5. The lowest BCUT2D eigenvalue weighted by atomic mass is 10.4. The molecule has 0 saturated heterocycles. The molecule has 0 aliphatic rings. The highest BCUT2D eigenvalue weighted by Gasteiger charge is 2.22. The van der Waals surface area contributed by atoms with Crippen molar-refractivity contribution in [3.05, 3.63) is 72.3 Å². The molecule has 2 atom stereocenters. The van der Waals surface area contributed by atoms with Crippen LogP contribution in [0.3, 0.4) is 0 Å². The molecular formula is C14H14O4P2. The van der Waals surface area contributed by atoms with Gasteiger partial charge in [-0.2, -0.15) is 0 Å². The molecule has 2 aromatic rings. The SMILES string of the molecule is O=P(O)(/C=C/P(=O)(O)c1ccccc1)c1ccccc1. The van der Waals surface area contributed by atoms with E-state index in [1.807, 2.05) is 0 Å². The van der Waals surface area contributed by atoms with E-state index >= 15 is 0 Å². The van der Waals surface area contributed by atoms with Gasteiger partial charge in [0.2, 0.25) is 0 Å². The second kappa shape index (κ2) is 5.90. The minimum Gasteiger partial charge on any atom is -0.338 e. The highest BCUT2D eigenvalue weighted by molar-refractivity contribution is 7.72. The molecule has 0 aromatic heterocycles. The van der Waals surface area contributed by atoms with Crippen LogP contribution in [-0.4, -0.2) is 9.79 Å². The summed E-state index contributed by atoms with van der Waals surface area (Å²) >= 11 is 0. The molecule has 0 aliphatic heterocycles. The Labute approximate surface area is 117 Å². The van der Waals surface area contributed by atoms with Crippen LogP contribution in [0.25, 0.3) is 0 Å². The fourth-order valence-corrected chi connectivity index (χ4v) is 4.62. The fraction of sp³-hybridized carbons (Fsp3) is 0. The van der Waals surface area contributed by atoms with E-state index < -0.39 is 14.7 Å². The lowest BCUT2D eigenvalue weighted by Gasteiger charge is -2.09. The second-order valence-corrected chi connectivity index (χ2v) is 8.34. The quantitative estimate of drug-likeness (QED) is 0.852. The lowest BCUT2D eigenvalue weighted by Crippen LogP contribution is -2.03. The van der Waals surface area contributed by atoms with Crippen LogP contribution in [-0.2, 0) is 9.13 Å². The van der Waals surface area contributed by atoms with Crippen LogP contribution in [0.15, 0.2) is 72.3 Å². The highest BCUT2D eigenvalue weighted by Crippen LogP contribution is 2.48. The third-order valence-electron chi connectivity index (χ3n) is 2.72. The molecule has 2 unspecified atom stereocenters. The summed E-state index contributed by atoms with van der Waals surface area (Å²) in [5, 5.41) is 0.452. The number of benzene rings is 2. The zero-order valence-electron chi connectivity index (χ0n) is 10.5. The summed E-state index contributed by atoms with van der Waals surface area (Å²) < 4.78 is 24.3. The van der Waals surface area contributed by atoms with Gasteiger partial charge in [-0.15, -0.1) is 0 Å². The molecule has 2 rings (SSSR count). The van der Waals surface area contributed by atoms with Crippen molar-refractivity contribution in [1.82, 2.24) is 0 Å². The van der Waals surface area contributed by atoms with E-state index in [1.165, 1.54) is 24.3 Å². The zero-order chi connectivity index (χ0) is 14.6. The number of hydrogen-bond acceptors (Lipinski definition) is 2. The van der Waals surface area contributed by atoms with E-state index in [0.717, 1.165) is 11.6 Å². The summed E-state index contributed by atoms with van der Waals surface area (Å²) in [6.45, 7) is 0. The van der Waals surface area contributed by atoms with Gasteiger partial charge in [0.15, 0.2) is 0 Å². The van der Waals surface area contributed by atoms with Crippen LogP contribution in [0.5, 0.6) is 0 Å². The van der Waals surface area contributed by atoms with E-state index in [-0.39, 0.29) is 10.6 Å². The molecule has 0 radical (unpaired) electrons. The first-order chi connectivity index (χ1) is 9.42. The van der Waals surface area contributed by atoms with Gasteiger partial charge in [-0.25, -0.2) is 0 Å². The first-order valence-electron chi connectivity index (χ1n) is 5.88. The maximum Gasteiger partial charge on any atom is 0.251 e. The minimum atomic E-state index is -3.77. The highest BCUT2D eigenvalue weighted by atomic mass is 31.2. The molecule has 104 valence electrons. The van der Waals surface area contributed by atoms with Crippen molar-refractivity contribution in [2.24, 2.45) is 0 Å². The van der Waals surface area contributed by atoms with Crippen LogP contribution >= 0.6 is 14.7 Å². The number of hydrogen-bond donors (Lipinski definition) is 2.